The second kappa shape index (κ2) is 8.39. The third-order valence-electron chi connectivity index (χ3n) is 4.36. The van der Waals surface area contributed by atoms with Crippen molar-refractivity contribution in [3.63, 3.8) is 0 Å². The van der Waals surface area contributed by atoms with Gasteiger partial charge in [-0.1, -0.05) is 22.0 Å². The molecule has 0 unspecified atom stereocenters. The Balaban J connectivity index is 1.39. The predicted octanol–water partition coefficient (Wildman–Crippen LogP) is 5.23. The van der Waals surface area contributed by atoms with Gasteiger partial charge >= 0.3 is 6.03 Å². The number of pyridine rings is 2. The van der Waals surface area contributed by atoms with Gasteiger partial charge in [0.2, 0.25) is 5.88 Å². The van der Waals surface area contributed by atoms with Crippen molar-refractivity contribution >= 4 is 27.6 Å². The molecule has 0 radical (unpaired) electrons. The maximum atomic E-state index is 12.7. The number of urea groups is 1. The van der Waals surface area contributed by atoms with Crippen LogP contribution in [0.1, 0.15) is 18.4 Å². The maximum Gasteiger partial charge on any atom is 0.322 e. The molecule has 1 N–H and O–H groups in total. The molecule has 1 aliphatic rings. The van der Waals surface area contributed by atoms with Crippen molar-refractivity contribution in [2.75, 3.05) is 5.32 Å². The Morgan fingerprint density at radius 2 is 2.00 bits per heavy atom. The minimum absolute atomic E-state index is 0.123. The van der Waals surface area contributed by atoms with E-state index in [0.29, 0.717) is 29.9 Å². The summed E-state index contributed by atoms with van der Waals surface area (Å²) < 4.78 is 6.66. The number of benzene rings is 1. The minimum atomic E-state index is -0.123. The van der Waals surface area contributed by atoms with E-state index in [0.717, 1.165) is 22.9 Å². The van der Waals surface area contributed by atoms with Gasteiger partial charge in [-0.25, -0.2) is 9.78 Å². The number of rotatable bonds is 6. The maximum absolute atomic E-state index is 12.7. The highest BCUT2D eigenvalue weighted by Crippen LogP contribution is 2.29. The number of ether oxygens (including phenoxy) is 1. The summed E-state index contributed by atoms with van der Waals surface area (Å²) in [5, 5.41) is 2.93. The minimum Gasteiger partial charge on any atom is -0.439 e. The van der Waals surface area contributed by atoms with Crippen molar-refractivity contribution in [3.8, 4) is 11.6 Å². The van der Waals surface area contributed by atoms with Crippen molar-refractivity contribution in [2.45, 2.75) is 25.4 Å². The Morgan fingerprint density at radius 3 is 2.68 bits per heavy atom. The highest BCUT2D eigenvalue weighted by atomic mass is 79.9. The number of aromatic nitrogens is 2. The molecular weight excluding hydrogens is 420 g/mol. The molecule has 0 aliphatic heterocycles. The van der Waals surface area contributed by atoms with Gasteiger partial charge in [0, 0.05) is 35.5 Å². The van der Waals surface area contributed by atoms with E-state index in [1.807, 2.05) is 41.3 Å². The van der Waals surface area contributed by atoms with Crippen LogP contribution in [0.3, 0.4) is 0 Å². The van der Waals surface area contributed by atoms with Crippen molar-refractivity contribution in [2.24, 2.45) is 0 Å². The normalized spacial score (nSPS) is 13.0. The molecule has 0 atom stereocenters. The van der Waals surface area contributed by atoms with Crippen LogP contribution in [0.25, 0.3) is 0 Å². The SMILES string of the molecule is O=C(Nc1ccc(Oc2cccc(Br)c2)nc1)N(Cc1ccncc1)C1CC1. The van der Waals surface area contributed by atoms with Crippen LogP contribution in [0.5, 0.6) is 11.6 Å². The first-order chi connectivity index (χ1) is 13.7. The molecule has 2 aromatic heterocycles. The molecule has 6 nitrogen and oxygen atoms in total. The first-order valence-corrected chi connectivity index (χ1v) is 9.83. The molecule has 1 aliphatic carbocycles. The molecule has 1 saturated carbocycles. The third kappa shape index (κ3) is 4.86. The summed E-state index contributed by atoms with van der Waals surface area (Å²) in [5.74, 6) is 1.16. The summed E-state index contributed by atoms with van der Waals surface area (Å²) in [5.41, 5.74) is 1.69. The molecule has 28 heavy (non-hydrogen) atoms. The summed E-state index contributed by atoms with van der Waals surface area (Å²) in [6.45, 7) is 0.566. The average Bonchev–Trinajstić information content (AvgIpc) is 3.53. The Kier molecular flexibility index (Phi) is 5.53. The van der Waals surface area contributed by atoms with E-state index >= 15 is 0 Å². The first kappa shape index (κ1) is 18.4. The van der Waals surface area contributed by atoms with Gasteiger partial charge in [0.25, 0.3) is 0 Å². The van der Waals surface area contributed by atoms with Gasteiger partial charge in [0.05, 0.1) is 11.9 Å². The number of carbonyl (C=O) groups is 1. The fourth-order valence-electron chi connectivity index (χ4n) is 2.80. The zero-order valence-electron chi connectivity index (χ0n) is 15.1. The molecule has 7 heteroatoms. The second-order valence-corrected chi connectivity index (χ2v) is 7.50. The van der Waals surface area contributed by atoms with Crippen LogP contribution in [0.4, 0.5) is 10.5 Å². The zero-order chi connectivity index (χ0) is 19.3. The molecule has 0 saturated heterocycles. The number of anilines is 1. The van der Waals surface area contributed by atoms with E-state index in [1.165, 1.54) is 0 Å². The quantitative estimate of drug-likeness (QED) is 0.572. The van der Waals surface area contributed by atoms with E-state index in [2.05, 4.69) is 31.2 Å². The molecule has 4 rings (SSSR count). The summed E-state index contributed by atoms with van der Waals surface area (Å²) in [7, 11) is 0. The Morgan fingerprint density at radius 1 is 1.18 bits per heavy atom. The second-order valence-electron chi connectivity index (χ2n) is 6.59. The number of hydrogen-bond donors (Lipinski definition) is 1. The van der Waals surface area contributed by atoms with Crippen molar-refractivity contribution in [1.29, 1.82) is 0 Å². The largest absolute Gasteiger partial charge is 0.439 e. The smallest absolute Gasteiger partial charge is 0.322 e. The standard InChI is InChI=1S/C21H19BrN4O2/c22-16-2-1-3-19(12-16)28-20-7-4-17(13-24-20)25-21(27)26(18-5-6-18)14-15-8-10-23-11-9-15/h1-4,7-13,18H,5-6,14H2,(H,25,27). The van der Waals surface area contributed by atoms with Crippen LogP contribution in [0, 0.1) is 0 Å². The van der Waals surface area contributed by atoms with Gasteiger partial charge in [0.1, 0.15) is 5.75 Å². The number of carbonyl (C=O) groups excluding carboxylic acids is 1. The van der Waals surface area contributed by atoms with Crippen molar-refractivity contribution in [1.82, 2.24) is 14.9 Å². The summed E-state index contributed by atoms with van der Waals surface area (Å²) >= 11 is 3.41. The van der Waals surface area contributed by atoms with E-state index in [9.17, 15) is 4.79 Å². The van der Waals surface area contributed by atoms with Gasteiger partial charge < -0.3 is 15.0 Å². The average molecular weight is 439 g/mol. The lowest BCUT2D eigenvalue weighted by Crippen LogP contribution is -2.36. The number of nitrogens with zero attached hydrogens (tertiary/aromatic N) is 3. The first-order valence-electron chi connectivity index (χ1n) is 9.03. The lowest BCUT2D eigenvalue weighted by Gasteiger charge is -2.23. The summed E-state index contributed by atoms with van der Waals surface area (Å²) in [4.78, 5) is 22.9. The van der Waals surface area contributed by atoms with E-state index in [-0.39, 0.29) is 6.03 Å². The monoisotopic (exact) mass is 438 g/mol. The Bertz CT molecular complexity index is 946. The summed E-state index contributed by atoms with van der Waals surface area (Å²) in [6, 6.07) is 15.1. The molecule has 1 aromatic carbocycles. The van der Waals surface area contributed by atoms with E-state index in [4.69, 9.17) is 4.74 Å². The summed E-state index contributed by atoms with van der Waals surface area (Å²) in [6.07, 6.45) is 7.16. The zero-order valence-corrected chi connectivity index (χ0v) is 16.7. The van der Waals surface area contributed by atoms with Crippen LogP contribution in [-0.2, 0) is 6.54 Å². The van der Waals surface area contributed by atoms with Crippen LogP contribution >= 0.6 is 15.9 Å². The fraction of sp³-hybridized carbons (Fsp3) is 0.190. The van der Waals surface area contributed by atoms with E-state index < -0.39 is 0 Å². The molecule has 1 fully saturated rings. The third-order valence-corrected chi connectivity index (χ3v) is 4.85. The number of nitrogens with one attached hydrogen (secondary N) is 1. The van der Waals surface area contributed by atoms with Crippen molar-refractivity contribution in [3.05, 3.63) is 77.2 Å². The van der Waals surface area contributed by atoms with E-state index in [1.54, 1.807) is 30.7 Å². The fourth-order valence-corrected chi connectivity index (χ4v) is 3.18. The van der Waals surface area contributed by atoms with Crippen LogP contribution in [0.2, 0.25) is 0 Å². The lowest BCUT2D eigenvalue weighted by molar-refractivity contribution is 0.206. The molecule has 0 bridgehead atoms. The van der Waals surface area contributed by atoms with Crippen molar-refractivity contribution < 1.29 is 9.53 Å². The highest BCUT2D eigenvalue weighted by molar-refractivity contribution is 9.10. The van der Waals surface area contributed by atoms with Crippen LogP contribution < -0.4 is 10.1 Å². The molecular formula is C21H19BrN4O2. The van der Waals surface area contributed by atoms with Crippen LogP contribution in [0.15, 0.2) is 71.6 Å². The topological polar surface area (TPSA) is 67.3 Å². The predicted molar refractivity (Wildman–Crippen MR) is 110 cm³/mol. The molecule has 2 amide bonds. The van der Waals surface area contributed by atoms with Gasteiger partial charge in [-0.2, -0.15) is 0 Å². The van der Waals surface area contributed by atoms with Gasteiger partial charge in [-0.15, -0.1) is 0 Å². The van der Waals surface area contributed by atoms with Crippen LogP contribution in [-0.4, -0.2) is 26.9 Å². The lowest BCUT2D eigenvalue weighted by atomic mass is 10.2. The number of hydrogen-bond acceptors (Lipinski definition) is 4. The molecule has 142 valence electrons. The van der Waals surface area contributed by atoms with Gasteiger partial charge in [-0.05, 0) is 54.8 Å². The molecule has 2 heterocycles. The molecule has 0 spiro atoms. The Hall–Kier alpha value is -2.93. The Labute approximate surface area is 171 Å². The van der Waals surface area contributed by atoms with Gasteiger partial charge in [0.15, 0.2) is 0 Å². The number of amides is 2. The number of halogens is 1. The van der Waals surface area contributed by atoms with Gasteiger partial charge in [-0.3, -0.25) is 4.98 Å². The molecule has 3 aromatic rings. The highest BCUT2D eigenvalue weighted by Gasteiger charge is 2.32.